The molecule has 1 N–H and O–H groups in total. The zero-order valence-electron chi connectivity index (χ0n) is 5.92. The van der Waals surface area contributed by atoms with Crippen LogP contribution in [-0.2, 0) is 0 Å². The van der Waals surface area contributed by atoms with E-state index in [0.717, 1.165) is 0 Å². The van der Waals surface area contributed by atoms with Gasteiger partial charge in [-0.2, -0.15) is 0 Å². The van der Waals surface area contributed by atoms with Gasteiger partial charge in [0, 0.05) is 0 Å². The molecule has 1 nitrogen and oxygen atoms in total. The maximum Gasteiger partial charge on any atom is 0.115 e. The highest BCUT2D eigenvalue weighted by Crippen LogP contribution is 2.02. The third-order valence-electron chi connectivity index (χ3n) is 0.756. The van der Waals surface area contributed by atoms with E-state index in [2.05, 4.69) is 29.5 Å². The van der Waals surface area contributed by atoms with Crippen LogP contribution in [0.2, 0.25) is 0 Å². The van der Waals surface area contributed by atoms with Crippen LogP contribution < -0.4 is 0 Å². The number of benzene rings is 1. The Labute approximate surface area is 75.2 Å². The van der Waals surface area contributed by atoms with Gasteiger partial charge in [-0.15, -0.1) is 0 Å². The zero-order valence-corrected chi connectivity index (χ0v) is 8.08. The second-order valence-corrected chi connectivity index (χ2v) is 3.13. The maximum absolute atomic E-state index is 8.63. The van der Waals surface area contributed by atoms with E-state index in [1.54, 1.807) is 24.3 Å². The van der Waals surface area contributed by atoms with E-state index in [4.69, 9.17) is 5.11 Å². The highest BCUT2D eigenvalue weighted by Gasteiger charge is 1.74. The van der Waals surface area contributed by atoms with Crippen molar-refractivity contribution in [3.8, 4) is 5.75 Å². The lowest BCUT2D eigenvalue weighted by Crippen LogP contribution is -1.56. The fraction of sp³-hybridized carbons (Fsp3) is 0.250. The van der Waals surface area contributed by atoms with Crippen LogP contribution in [0.1, 0.15) is 6.92 Å². The molecule has 0 saturated carbocycles. The van der Waals surface area contributed by atoms with Crippen LogP contribution in [0.25, 0.3) is 0 Å². The van der Waals surface area contributed by atoms with Crippen LogP contribution in [0.5, 0.6) is 5.75 Å². The molecule has 0 aliphatic rings. The van der Waals surface area contributed by atoms with Gasteiger partial charge < -0.3 is 5.11 Å². The summed E-state index contributed by atoms with van der Waals surface area (Å²) < 4.78 is 1.22. The Hall–Kier alpha value is -0.250. The molecule has 0 amide bonds. The molecule has 0 spiro atoms. The summed E-state index contributed by atoms with van der Waals surface area (Å²) in [4.78, 5) is 0. The number of alkyl halides is 1. The van der Waals surface area contributed by atoms with Crippen LogP contribution >= 0.6 is 22.6 Å². The highest BCUT2D eigenvalue weighted by atomic mass is 127. The van der Waals surface area contributed by atoms with Gasteiger partial charge in [-0.25, -0.2) is 0 Å². The second kappa shape index (κ2) is 6.86. The predicted molar refractivity (Wildman–Crippen MR) is 52.7 cm³/mol. The molecular formula is C8H11IO. The number of rotatable bonds is 0. The molecule has 0 fully saturated rings. The van der Waals surface area contributed by atoms with Crippen LogP contribution in [0.4, 0.5) is 0 Å². The quantitative estimate of drug-likeness (QED) is 0.554. The van der Waals surface area contributed by atoms with Crippen molar-refractivity contribution in [1.82, 2.24) is 0 Å². The Morgan fingerprint density at radius 2 is 1.70 bits per heavy atom. The van der Waals surface area contributed by atoms with Crippen molar-refractivity contribution in [3.63, 3.8) is 0 Å². The Kier molecular flexibility index (Phi) is 6.69. The SMILES string of the molecule is CCI.Oc1ccccc1. The molecule has 1 aromatic rings. The highest BCUT2D eigenvalue weighted by molar-refractivity contribution is 14.1. The van der Waals surface area contributed by atoms with E-state index in [9.17, 15) is 0 Å². The first-order valence-electron chi connectivity index (χ1n) is 3.11. The summed E-state index contributed by atoms with van der Waals surface area (Å²) in [6.07, 6.45) is 0. The first-order chi connectivity index (χ1) is 4.81. The van der Waals surface area contributed by atoms with Gasteiger partial charge in [-0.1, -0.05) is 47.7 Å². The molecule has 2 heteroatoms. The molecule has 0 heterocycles. The molecule has 0 aliphatic carbocycles. The average molecular weight is 250 g/mol. The summed E-state index contributed by atoms with van der Waals surface area (Å²) in [6, 6.07) is 8.71. The molecule has 1 rings (SSSR count). The molecule has 0 atom stereocenters. The number of phenols is 1. The van der Waals surface area contributed by atoms with Gasteiger partial charge in [0.2, 0.25) is 0 Å². The normalized spacial score (nSPS) is 7.80. The standard InChI is InChI=1S/C6H6O.C2H5I/c7-6-4-2-1-3-5-6;1-2-3/h1-5,7H;2H2,1H3. The first-order valence-corrected chi connectivity index (χ1v) is 4.63. The van der Waals surface area contributed by atoms with E-state index in [1.165, 1.54) is 4.43 Å². The van der Waals surface area contributed by atoms with Gasteiger partial charge in [-0.05, 0) is 16.6 Å². The van der Waals surface area contributed by atoms with Crippen LogP contribution in [0.15, 0.2) is 30.3 Å². The first kappa shape index (κ1) is 9.75. The molecule has 0 saturated heterocycles. The largest absolute Gasteiger partial charge is 0.508 e. The fourth-order valence-electron chi connectivity index (χ4n) is 0.428. The molecule has 56 valence electrons. The smallest absolute Gasteiger partial charge is 0.115 e. The van der Waals surface area contributed by atoms with Crippen molar-refractivity contribution in [3.05, 3.63) is 30.3 Å². The van der Waals surface area contributed by atoms with Crippen molar-refractivity contribution >= 4 is 22.6 Å². The Morgan fingerprint density at radius 1 is 1.30 bits per heavy atom. The summed E-state index contributed by atoms with van der Waals surface area (Å²) in [5, 5.41) is 8.63. The monoisotopic (exact) mass is 250 g/mol. The molecule has 0 radical (unpaired) electrons. The van der Waals surface area contributed by atoms with Crippen molar-refractivity contribution in [1.29, 1.82) is 0 Å². The van der Waals surface area contributed by atoms with Crippen LogP contribution in [0.3, 0.4) is 0 Å². The number of para-hydroxylation sites is 1. The third kappa shape index (κ3) is 5.88. The fourth-order valence-corrected chi connectivity index (χ4v) is 0.428. The summed E-state index contributed by atoms with van der Waals surface area (Å²) in [7, 11) is 0. The van der Waals surface area contributed by atoms with Gasteiger partial charge in [0.15, 0.2) is 0 Å². The molecular weight excluding hydrogens is 239 g/mol. The van der Waals surface area contributed by atoms with Crippen molar-refractivity contribution < 1.29 is 5.11 Å². The third-order valence-corrected chi connectivity index (χ3v) is 0.756. The van der Waals surface area contributed by atoms with Gasteiger partial charge >= 0.3 is 0 Å². The molecule has 1 aromatic carbocycles. The lowest BCUT2D eigenvalue weighted by molar-refractivity contribution is 0.475. The summed E-state index contributed by atoms with van der Waals surface area (Å²) >= 11 is 2.29. The van der Waals surface area contributed by atoms with E-state index in [-0.39, 0.29) is 0 Å². The molecule has 0 bridgehead atoms. The minimum atomic E-state index is 0.322. The van der Waals surface area contributed by atoms with Crippen LogP contribution in [-0.4, -0.2) is 9.53 Å². The average Bonchev–Trinajstić information content (AvgIpc) is 1.91. The Balaban J connectivity index is 0.000000236. The number of hydrogen-bond acceptors (Lipinski definition) is 1. The maximum atomic E-state index is 8.63. The zero-order chi connectivity index (χ0) is 7.82. The minimum absolute atomic E-state index is 0.322. The topological polar surface area (TPSA) is 20.2 Å². The van der Waals surface area contributed by atoms with Crippen molar-refractivity contribution in [2.45, 2.75) is 6.92 Å². The van der Waals surface area contributed by atoms with E-state index >= 15 is 0 Å². The number of phenolic OH excluding ortho intramolecular Hbond substituents is 1. The van der Waals surface area contributed by atoms with E-state index < -0.39 is 0 Å². The minimum Gasteiger partial charge on any atom is -0.508 e. The van der Waals surface area contributed by atoms with Gasteiger partial charge in [0.25, 0.3) is 0 Å². The number of hydrogen-bond donors (Lipinski definition) is 1. The lowest BCUT2D eigenvalue weighted by Gasteiger charge is -1.82. The van der Waals surface area contributed by atoms with Crippen molar-refractivity contribution in [2.24, 2.45) is 0 Å². The molecule has 0 unspecified atom stereocenters. The van der Waals surface area contributed by atoms with Gasteiger partial charge in [0.1, 0.15) is 5.75 Å². The Morgan fingerprint density at radius 3 is 1.90 bits per heavy atom. The summed E-state index contributed by atoms with van der Waals surface area (Å²) in [5.41, 5.74) is 0. The summed E-state index contributed by atoms with van der Waals surface area (Å²) in [5.74, 6) is 0.322. The predicted octanol–water partition coefficient (Wildman–Crippen LogP) is 2.83. The second-order valence-electron chi connectivity index (χ2n) is 1.60. The van der Waals surface area contributed by atoms with Gasteiger partial charge in [0.05, 0.1) is 0 Å². The van der Waals surface area contributed by atoms with Crippen LogP contribution in [0, 0.1) is 0 Å². The number of halogens is 1. The summed E-state index contributed by atoms with van der Waals surface area (Å²) in [6.45, 7) is 2.11. The van der Waals surface area contributed by atoms with Gasteiger partial charge in [-0.3, -0.25) is 0 Å². The van der Waals surface area contributed by atoms with E-state index in [1.807, 2.05) is 6.07 Å². The van der Waals surface area contributed by atoms with E-state index in [0.29, 0.717) is 5.75 Å². The molecule has 0 aromatic heterocycles. The van der Waals surface area contributed by atoms with Crippen molar-refractivity contribution in [2.75, 3.05) is 4.43 Å². The molecule has 0 aliphatic heterocycles. The number of aromatic hydroxyl groups is 1. The Bertz CT molecular complexity index is 151. The molecule has 10 heavy (non-hydrogen) atoms. The lowest BCUT2D eigenvalue weighted by atomic mass is 10.3.